The molecule has 0 aromatic carbocycles. The average Bonchev–Trinajstić information content (AvgIpc) is 2.29. The Morgan fingerprint density at radius 1 is 1.31 bits per heavy atom. The van der Waals surface area contributed by atoms with Gasteiger partial charge in [0.05, 0.1) is 0 Å². The number of nitrogens with one attached hydrogen (secondary N) is 1. The van der Waals surface area contributed by atoms with E-state index in [9.17, 15) is 0 Å². The molecule has 0 aliphatic carbocycles. The average molecular weight is 226 g/mol. The fourth-order valence-corrected chi connectivity index (χ4v) is 2.72. The van der Waals surface area contributed by atoms with Gasteiger partial charge in [0.1, 0.15) is 0 Å². The molecule has 0 aromatic heterocycles. The van der Waals surface area contributed by atoms with Crippen molar-refractivity contribution in [2.24, 2.45) is 11.8 Å². The minimum atomic E-state index is 0.685. The summed E-state index contributed by atoms with van der Waals surface area (Å²) in [5.74, 6) is 1.71. The van der Waals surface area contributed by atoms with E-state index in [1.807, 2.05) is 0 Å². The number of piperidine rings is 1. The highest BCUT2D eigenvalue weighted by atomic mass is 15.1. The van der Waals surface area contributed by atoms with E-state index >= 15 is 0 Å². The van der Waals surface area contributed by atoms with Gasteiger partial charge in [-0.2, -0.15) is 0 Å². The van der Waals surface area contributed by atoms with Crippen molar-refractivity contribution in [3.05, 3.63) is 0 Å². The van der Waals surface area contributed by atoms with Crippen molar-refractivity contribution >= 4 is 0 Å². The number of nitrogens with zero attached hydrogens (tertiary/aromatic N) is 1. The Hall–Kier alpha value is -0.0800. The van der Waals surface area contributed by atoms with Crippen LogP contribution < -0.4 is 5.32 Å². The van der Waals surface area contributed by atoms with E-state index in [-0.39, 0.29) is 0 Å². The number of likely N-dealkylation sites (tertiary alicyclic amines) is 1. The van der Waals surface area contributed by atoms with Crippen molar-refractivity contribution in [3.8, 4) is 0 Å². The molecule has 0 spiro atoms. The van der Waals surface area contributed by atoms with Crippen LogP contribution in [0.5, 0.6) is 0 Å². The summed E-state index contributed by atoms with van der Waals surface area (Å²) in [4.78, 5) is 2.68. The van der Waals surface area contributed by atoms with Gasteiger partial charge in [0.2, 0.25) is 0 Å². The predicted octanol–water partition coefficient (Wildman–Crippen LogP) is 2.74. The Kier molecular flexibility index (Phi) is 6.37. The summed E-state index contributed by atoms with van der Waals surface area (Å²) in [5, 5.41) is 3.58. The van der Waals surface area contributed by atoms with Gasteiger partial charge in [-0.25, -0.2) is 0 Å². The standard InChI is InChI=1S/C14H30N2/c1-5-12(3)10-16-9-7-8-14(11-16)13(4)15-6-2/h12-15H,5-11H2,1-4H3. The molecular formula is C14H30N2. The van der Waals surface area contributed by atoms with Crippen LogP contribution in [-0.4, -0.2) is 37.1 Å². The van der Waals surface area contributed by atoms with Crippen LogP contribution >= 0.6 is 0 Å². The lowest BCUT2D eigenvalue weighted by Gasteiger charge is -2.37. The number of hydrogen-bond acceptors (Lipinski definition) is 2. The van der Waals surface area contributed by atoms with Gasteiger partial charge in [0, 0.05) is 19.1 Å². The van der Waals surface area contributed by atoms with E-state index in [1.165, 1.54) is 38.9 Å². The molecule has 2 heteroatoms. The second kappa shape index (κ2) is 7.29. The second-order valence-corrected chi connectivity index (χ2v) is 5.52. The van der Waals surface area contributed by atoms with E-state index in [2.05, 4.69) is 37.9 Å². The maximum absolute atomic E-state index is 3.58. The SMILES string of the molecule is CCNC(C)C1CCCN(CC(C)CC)C1. The monoisotopic (exact) mass is 226 g/mol. The molecule has 1 fully saturated rings. The molecule has 0 amide bonds. The molecule has 0 aromatic rings. The van der Waals surface area contributed by atoms with E-state index in [0.717, 1.165) is 18.4 Å². The third kappa shape index (κ3) is 4.42. The number of hydrogen-bond donors (Lipinski definition) is 1. The Balaban J connectivity index is 2.34. The topological polar surface area (TPSA) is 15.3 Å². The molecule has 16 heavy (non-hydrogen) atoms. The van der Waals surface area contributed by atoms with Crippen LogP contribution in [-0.2, 0) is 0 Å². The quantitative estimate of drug-likeness (QED) is 0.749. The van der Waals surface area contributed by atoms with Crippen LogP contribution in [0.4, 0.5) is 0 Å². The molecule has 0 bridgehead atoms. The van der Waals surface area contributed by atoms with Crippen molar-refractivity contribution in [2.75, 3.05) is 26.2 Å². The minimum absolute atomic E-state index is 0.685. The normalized spacial score (nSPS) is 26.6. The van der Waals surface area contributed by atoms with E-state index in [4.69, 9.17) is 0 Å². The van der Waals surface area contributed by atoms with Crippen molar-refractivity contribution in [3.63, 3.8) is 0 Å². The first kappa shape index (κ1) is 14.0. The number of rotatable bonds is 6. The summed E-state index contributed by atoms with van der Waals surface area (Å²) >= 11 is 0. The van der Waals surface area contributed by atoms with E-state index < -0.39 is 0 Å². The Bertz CT molecular complexity index is 182. The smallest absolute Gasteiger partial charge is 0.00791 e. The van der Waals surface area contributed by atoms with E-state index in [1.54, 1.807) is 0 Å². The summed E-state index contributed by atoms with van der Waals surface area (Å²) in [6.45, 7) is 14.2. The fraction of sp³-hybridized carbons (Fsp3) is 1.00. The summed E-state index contributed by atoms with van der Waals surface area (Å²) in [6.07, 6.45) is 4.10. The van der Waals surface area contributed by atoms with Crippen molar-refractivity contribution in [1.29, 1.82) is 0 Å². The molecule has 1 saturated heterocycles. The Morgan fingerprint density at radius 3 is 2.69 bits per heavy atom. The molecule has 2 nitrogen and oxygen atoms in total. The van der Waals surface area contributed by atoms with Crippen LogP contribution in [0.2, 0.25) is 0 Å². The highest BCUT2D eigenvalue weighted by molar-refractivity contribution is 4.80. The first-order valence-electron chi connectivity index (χ1n) is 7.13. The van der Waals surface area contributed by atoms with Crippen molar-refractivity contribution in [2.45, 2.75) is 53.0 Å². The van der Waals surface area contributed by atoms with Gasteiger partial charge in [-0.05, 0) is 44.7 Å². The molecule has 1 rings (SSSR count). The van der Waals surface area contributed by atoms with Crippen LogP contribution in [0.25, 0.3) is 0 Å². The molecule has 3 atom stereocenters. The van der Waals surface area contributed by atoms with Crippen LogP contribution in [0.15, 0.2) is 0 Å². The maximum atomic E-state index is 3.58. The lowest BCUT2D eigenvalue weighted by molar-refractivity contribution is 0.134. The highest BCUT2D eigenvalue weighted by Crippen LogP contribution is 2.21. The lowest BCUT2D eigenvalue weighted by atomic mass is 9.91. The lowest BCUT2D eigenvalue weighted by Crippen LogP contribution is -2.45. The van der Waals surface area contributed by atoms with Crippen molar-refractivity contribution < 1.29 is 0 Å². The molecule has 1 N–H and O–H groups in total. The molecule has 1 aliphatic rings. The van der Waals surface area contributed by atoms with Gasteiger partial charge in [0.25, 0.3) is 0 Å². The zero-order valence-electron chi connectivity index (χ0n) is 11.6. The first-order chi connectivity index (χ1) is 7.67. The highest BCUT2D eigenvalue weighted by Gasteiger charge is 2.24. The first-order valence-corrected chi connectivity index (χ1v) is 7.13. The van der Waals surface area contributed by atoms with Gasteiger partial charge in [-0.3, -0.25) is 0 Å². The van der Waals surface area contributed by atoms with Gasteiger partial charge in [0.15, 0.2) is 0 Å². The zero-order chi connectivity index (χ0) is 12.0. The van der Waals surface area contributed by atoms with E-state index in [0.29, 0.717) is 6.04 Å². The fourth-order valence-electron chi connectivity index (χ4n) is 2.72. The zero-order valence-corrected chi connectivity index (χ0v) is 11.6. The molecule has 1 heterocycles. The molecule has 0 radical (unpaired) electrons. The van der Waals surface area contributed by atoms with Crippen LogP contribution in [0.1, 0.15) is 47.0 Å². The van der Waals surface area contributed by atoms with Crippen LogP contribution in [0, 0.1) is 11.8 Å². The summed E-state index contributed by atoms with van der Waals surface area (Å²) in [6, 6.07) is 0.685. The van der Waals surface area contributed by atoms with Crippen LogP contribution in [0.3, 0.4) is 0 Å². The third-order valence-electron chi connectivity index (χ3n) is 4.04. The molecular weight excluding hydrogens is 196 g/mol. The molecule has 3 unspecified atom stereocenters. The molecule has 96 valence electrons. The van der Waals surface area contributed by atoms with Gasteiger partial charge in [-0.15, -0.1) is 0 Å². The van der Waals surface area contributed by atoms with Gasteiger partial charge in [-0.1, -0.05) is 27.2 Å². The molecule has 0 saturated carbocycles. The maximum Gasteiger partial charge on any atom is 0.00791 e. The Morgan fingerprint density at radius 2 is 2.06 bits per heavy atom. The molecule has 1 aliphatic heterocycles. The summed E-state index contributed by atoms with van der Waals surface area (Å²) in [5.41, 5.74) is 0. The summed E-state index contributed by atoms with van der Waals surface area (Å²) in [7, 11) is 0. The summed E-state index contributed by atoms with van der Waals surface area (Å²) < 4.78 is 0. The Labute approximate surface area is 102 Å². The van der Waals surface area contributed by atoms with Gasteiger partial charge < -0.3 is 10.2 Å². The second-order valence-electron chi connectivity index (χ2n) is 5.52. The predicted molar refractivity (Wildman–Crippen MR) is 71.8 cm³/mol. The van der Waals surface area contributed by atoms with Gasteiger partial charge >= 0.3 is 0 Å². The largest absolute Gasteiger partial charge is 0.314 e. The minimum Gasteiger partial charge on any atom is -0.314 e. The van der Waals surface area contributed by atoms with Crippen molar-refractivity contribution in [1.82, 2.24) is 10.2 Å². The third-order valence-corrected chi connectivity index (χ3v) is 4.04.